The maximum absolute atomic E-state index is 13.2. The zero-order chi connectivity index (χ0) is 23.0. The van der Waals surface area contributed by atoms with E-state index in [1.54, 1.807) is 27.5 Å². The Bertz CT molecular complexity index is 1300. The van der Waals surface area contributed by atoms with Gasteiger partial charge in [-0.3, -0.25) is 4.79 Å². The molecule has 3 aromatic heterocycles. The number of benzene rings is 1. The molecule has 0 radical (unpaired) electrons. The first-order chi connectivity index (χ1) is 15.3. The van der Waals surface area contributed by atoms with Crippen LogP contribution in [-0.4, -0.2) is 41.5 Å². The number of fused-ring (bicyclic) bond motifs is 1. The molecule has 1 amide bonds. The van der Waals surface area contributed by atoms with Gasteiger partial charge in [0.05, 0.1) is 24.3 Å². The normalized spacial score (nSPS) is 12.3. The Hall–Kier alpha value is -3.27. The summed E-state index contributed by atoms with van der Waals surface area (Å²) in [6, 6.07) is 5.89. The summed E-state index contributed by atoms with van der Waals surface area (Å²) in [6.07, 6.45) is 3.82. The van der Waals surface area contributed by atoms with Gasteiger partial charge in [0.1, 0.15) is 5.82 Å². The minimum Gasteiger partial charge on any atom is -0.349 e. The molecule has 1 unspecified atom stereocenters. The number of carbonyl (C=O) groups excluding carboxylic acids is 1. The third-order valence-electron chi connectivity index (χ3n) is 5.51. The van der Waals surface area contributed by atoms with Crippen molar-refractivity contribution in [1.82, 2.24) is 34.7 Å². The fraction of sp³-hybridized carbons (Fsp3) is 0.318. The van der Waals surface area contributed by atoms with Gasteiger partial charge >= 0.3 is 0 Å². The molecule has 0 bridgehead atoms. The van der Waals surface area contributed by atoms with Gasteiger partial charge in [-0.1, -0.05) is 11.8 Å². The molecule has 4 rings (SSSR count). The molecule has 0 aliphatic heterocycles. The number of hydrogen-bond donors (Lipinski definition) is 1. The highest BCUT2D eigenvalue weighted by molar-refractivity contribution is 7.98. The third kappa shape index (κ3) is 4.10. The van der Waals surface area contributed by atoms with Gasteiger partial charge in [0.15, 0.2) is 0 Å². The summed E-state index contributed by atoms with van der Waals surface area (Å²) in [5, 5.41) is 12.5. The first-order valence-corrected chi connectivity index (χ1v) is 11.4. The van der Waals surface area contributed by atoms with Crippen LogP contribution in [0, 0.1) is 26.6 Å². The van der Waals surface area contributed by atoms with Crippen molar-refractivity contribution in [2.24, 2.45) is 0 Å². The summed E-state index contributed by atoms with van der Waals surface area (Å²) in [7, 11) is 0. The minimum atomic E-state index is -0.298. The second kappa shape index (κ2) is 8.70. The molecule has 0 saturated heterocycles. The number of hydrogen-bond acceptors (Lipinski definition) is 6. The lowest BCUT2D eigenvalue weighted by atomic mass is 10.1. The molecule has 0 fully saturated rings. The number of thioether (sulfide) groups is 1. The van der Waals surface area contributed by atoms with E-state index in [0.29, 0.717) is 10.9 Å². The molecule has 0 aliphatic rings. The lowest BCUT2D eigenvalue weighted by Crippen LogP contribution is -2.29. The first-order valence-electron chi connectivity index (χ1n) is 10.1. The Labute approximate surface area is 189 Å². The minimum absolute atomic E-state index is 0.121. The third-order valence-corrected chi connectivity index (χ3v) is 6.05. The predicted octanol–water partition coefficient (Wildman–Crippen LogP) is 3.52. The van der Waals surface area contributed by atoms with Gasteiger partial charge in [0, 0.05) is 28.2 Å². The molecule has 1 aromatic carbocycles. The quantitative estimate of drug-likeness (QED) is 0.449. The second-order valence-electron chi connectivity index (χ2n) is 7.61. The number of aryl methyl sites for hydroxylation is 2. The van der Waals surface area contributed by atoms with Crippen LogP contribution in [0.3, 0.4) is 0 Å². The first kappa shape index (κ1) is 21.9. The van der Waals surface area contributed by atoms with Crippen molar-refractivity contribution in [1.29, 1.82) is 0 Å². The Morgan fingerprint density at radius 3 is 2.56 bits per heavy atom. The van der Waals surface area contributed by atoms with Crippen molar-refractivity contribution < 1.29 is 9.18 Å². The van der Waals surface area contributed by atoms with E-state index in [1.165, 1.54) is 23.9 Å². The summed E-state index contributed by atoms with van der Waals surface area (Å²) in [4.78, 5) is 21.8. The molecule has 0 aliphatic carbocycles. The average Bonchev–Trinajstić information content (AvgIpc) is 3.35. The number of nitrogens with zero attached hydrogens (tertiary/aromatic N) is 6. The van der Waals surface area contributed by atoms with Crippen LogP contribution in [-0.2, 0) is 11.2 Å². The van der Waals surface area contributed by atoms with E-state index in [2.05, 4.69) is 25.5 Å². The molecule has 0 saturated carbocycles. The number of carbonyl (C=O) groups is 1. The van der Waals surface area contributed by atoms with Crippen LogP contribution in [0.1, 0.15) is 41.2 Å². The van der Waals surface area contributed by atoms with Crippen LogP contribution in [0.25, 0.3) is 11.5 Å². The standard InChI is InChI=1S/C22H24FN7OS/c1-12-18(14(3)30-21(26-12)27-22(28-30)32-5)10-20(31)25-13(2)19-11-24-29(15(19)4)17-8-6-16(23)7-9-17/h6-9,11,13H,10H2,1-5H3,(H,25,31). The SMILES string of the molecule is CSc1nc2nc(C)c(CC(=O)NC(C)c3cnn(-c4ccc(F)cc4)c3C)c(C)n2n1. The molecule has 4 aromatic rings. The Balaban J connectivity index is 1.52. The van der Waals surface area contributed by atoms with Crippen molar-refractivity contribution in [2.75, 3.05) is 6.26 Å². The van der Waals surface area contributed by atoms with Crippen molar-refractivity contribution in [3.8, 4) is 5.69 Å². The summed E-state index contributed by atoms with van der Waals surface area (Å²) in [5.41, 5.74) is 4.98. The lowest BCUT2D eigenvalue weighted by molar-refractivity contribution is -0.121. The molecule has 0 spiro atoms. The van der Waals surface area contributed by atoms with Crippen molar-refractivity contribution in [2.45, 2.75) is 45.3 Å². The van der Waals surface area contributed by atoms with Gasteiger partial charge in [-0.2, -0.15) is 10.1 Å². The summed E-state index contributed by atoms with van der Waals surface area (Å²) < 4.78 is 16.6. The Morgan fingerprint density at radius 1 is 1.16 bits per heavy atom. The topological polar surface area (TPSA) is 90.0 Å². The van der Waals surface area contributed by atoms with Crippen LogP contribution in [0.2, 0.25) is 0 Å². The number of nitrogens with one attached hydrogen (secondary N) is 1. The van der Waals surface area contributed by atoms with Crippen LogP contribution >= 0.6 is 11.8 Å². The monoisotopic (exact) mass is 453 g/mol. The van der Waals surface area contributed by atoms with Crippen LogP contribution in [0.5, 0.6) is 0 Å². The van der Waals surface area contributed by atoms with E-state index in [1.807, 2.05) is 34.0 Å². The zero-order valence-corrected chi connectivity index (χ0v) is 19.4. The molecule has 32 heavy (non-hydrogen) atoms. The van der Waals surface area contributed by atoms with E-state index in [4.69, 9.17) is 0 Å². The maximum atomic E-state index is 13.2. The summed E-state index contributed by atoms with van der Waals surface area (Å²) >= 11 is 1.45. The van der Waals surface area contributed by atoms with E-state index in [9.17, 15) is 9.18 Å². The number of amides is 1. The highest BCUT2D eigenvalue weighted by Gasteiger charge is 2.19. The maximum Gasteiger partial charge on any atom is 0.253 e. The van der Waals surface area contributed by atoms with Crippen molar-refractivity contribution in [3.05, 3.63) is 64.5 Å². The molecule has 1 N–H and O–H groups in total. The summed E-state index contributed by atoms with van der Waals surface area (Å²) in [5.74, 6) is 0.114. The van der Waals surface area contributed by atoms with E-state index < -0.39 is 0 Å². The Kier molecular flexibility index (Phi) is 5.96. The van der Waals surface area contributed by atoms with Gasteiger partial charge in [-0.25, -0.2) is 18.6 Å². The van der Waals surface area contributed by atoms with Crippen LogP contribution < -0.4 is 5.32 Å². The average molecular weight is 454 g/mol. The van der Waals surface area contributed by atoms with Gasteiger partial charge in [0.25, 0.3) is 5.78 Å². The zero-order valence-electron chi connectivity index (χ0n) is 18.5. The molecular weight excluding hydrogens is 429 g/mol. The molecule has 3 heterocycles. The molecule has 166 valence electrons. The fourth-order valence-electron chi connectivity index (χ4n) is 3.75. The molecule has 1 atom stereocenters. The second-order valence-corrected chi connectivity index (χ2v) is 8.38. The largest absolute Gasteiger partial charge is 0.349 e. The highest BCUT2D eigenvalue weighted by atomic mass is 32.2. The van der Waals surface area contributed by atoms with Gasteiger partial charge in [-0.05, 0) is 58.2 Å². The Morgan fingerprint density at radius 2 is 1.88 bits per heavy atom. The van der Waals surface area contributed by atoms with Crippen LogP contribution in [0.4, 0.5) is 4.39 Å². The lowest BCUT2D eigenvalue weighted by Gasteiger charge is -2.16. The molecule has 10 heteroatoms. The number of halogens is 1. The van der Waals surface area contributed by atoms with E-state index in [0.717, 1.165) is 33.9 Å². The van der Waals surface area contributed by atoms with Crippen molar-refractivity contribution >= 4 is 23.4 Å². The van der Waals surface area contributed by atoms with Gasteiger partial charge in [0.2, 0.25) is 11.1 Å². The van der Waals surface area contributed by atoms with Crippen molar-refractivity contribution in [3.63, 3.8) is 0 Å². The highest BCUT2D eigenvalue weighted by Crippen LogP contribution is 2.21. The van der Waals surface area contributed by atoms with Gasteiger partial charge in [-0.15, -0.1) is 5.10 Å². The molecular formula is C22H24FN7OS. The van der Waals surface area contributed by atoms with Gasteiger partial charge < -0.3 is 5.32 Å². The number of rotatable bonds is 6. The smallest absolute Gasteiger partial charge is 0.253 e. The predicted molar refractivity (Wildman–Crippen MR) is 121 cm³/mol. The van der Waals surface area contributed by atoms with Crippen LogP contribution in [0.15, 0.2) is 35.6 Å². The van der Waals surface area contributed by atoms with E-state index >= 15 is 0 Å². The number of aromatic nitrogens is 6. The summed E-state index contributed by atoms with van der Waals surface area (Å²) in [6.45, 7) is 7.64. The van der Waals surface area contributed by atoms with E-state index in [-0.39, 0.29) is 24.2 Å². The fourth-order valence-corrected chi connectivity index (χ4v) is 4.09. The molecule has 8 nitrogen and oxygen atoms in total.